The monoisotopic (exact) mass is 371 g/mol. The van der Waals surface area contributed by atoms with E-state index in [0.29, 0.717) is 19.8 Å². The fraction of sp³-hybridized carbons (Fsp3) is 0.368. The van der Waals surface area contributed by atoms with E-state index in [0.717, 1.165) is 19.6 Å². The van der Waals surface area contributed by atoms with E-state index in [4.69, 9.17) is 13.3 Å². The Morgan fingerprint density at radius 1 is 0.720 bits per heavy atom. The van der Waals surface area contributed by atoms with Crippen LogP contribution in [0.1, 0.15) is 0 Å². The highest BCUT2D eigenvalue weighted by Gasteiger charge is 2.63. The molecule has 2 aromatic rings. The van der Waals surface area contributed by atoms with Crippen LogP contribution in [0.2, 0.25) is 6.55 Å². The third kappa shape index (κ3) is 3.03. The van der Waals surface area contributed by atoms with Crippen LogP contribution >= 0.6 is 0 Å². The number of hydrogen-bond acceptors (Lipinski definition) is 4. The second-order valence-electron chi connectivity index (χ2n) is 6.80. The second kappa shape index (κ2) is 7.15. The highest BCUT2D eigenvalue weighted by Crippen LogP contribution is 2.26. The highest BCUT2D eigenvalue weighted by atomic mass is 29.3. The average Bonchev–Trinajstić information content (AvgIpc) is 2.61. The van der Waals surface area contributed by atoms with E-state index in [9.17, 15) is 0 Å². The molecule has 0 aliphatic carbocycles. The van der Waals surface area contributed by atoms with Crippen LogP contribution in [0.3, 0.4) is 0 Å². The normalized spacial score (nSPS) is 27.3. The molecule has 4 nitrogen and oxygen atoms in total. The zero-order valence-electron chi connectivity index (χ0n) is 14.7. The molecular formula is C19H25NO3Si2. The van der Waals surface area contributed by atoms with Gasteiger partial charge < -0.3 is 13.3 Å². The van der Waals surface area contributed by atoms with Crippen molar-refractivity contribution in [1.82, 2.24) is 4.90 Å². The van der Waals surface area contributed by atoms with Crippen LogP contribution in [-0.2, 0) is 13.3 Å². The lowest BCUT2D eigenvalue weighted by Crippen LogP contribution is -2.80. The molecule has 5 rings (SSSR count). The number of fused-ring (bicyclic) bond motifs is 6. The SMILES string of the molecule is C[Si](c1ccccc1)(c1ccccc1)[Si]12OCCN(CCO1)CCO2. The van der Waals surface area contributed by atoms with Gasteiger partial charge in [0.1, 0.15) is 0 Å². The van der Waals surface area contributed by atoms with E-state index in [-0.39, 0.29) is 0 Å². The first-order chi connectivity index (χ1) is 12.2. The summed E-state index contributed by atoms with van der Waals surface area (Å²) in [6, 6.07) is 21.5. The van der Waals surface area contributed by atoms with Crippen molar-refractivity contribution >= 4 is 26.3 Å². The first-order valence-corrected chi connectivity index (χ1v) is 14.2. The Kier molecular flexibility index (Phi) is 4.90. The molecular weight excluding hydrogens is 346 g/mol. The minimum atomic E-state index is -2.85. The van der Waals surface area contributed by atoms with Gasteiger partial charge in [-0.05, 0) is 10.4 Å². The molecule has 0 radical (unpaired) electrons. The molecule has 2 aromatic carbocycles. The topological polar surface area (TPSA) is 30.9 Å². The van der Waals surface area contributed by atoms with Gasteiger partial charge >= 0.3 is 8.32 Å². The molecule has 0 aromatic heterocycles. The molecule has 6 heteroatoms. The van der Waals surface area contributed by atoms with Crippen molar-refractivity contribution in [3.8, 4) is 0 Å². The van der Waals surface area contributed by atoms with Crippen molar-refractivity contribution < 1.29 is 13.3 Å². The summed E-state index contributed by atoms with van der Waals surface area (Å²) in [6.45, 7) is 7.34. The molecule has 25 heavy (non-hydrogen) atoms. The Morgan fingerprint density at radius 3 is 1.52 bits per heavy atom. The largest absolute Gasteiger partial charge is 0.481 e. The van der Waals surface area contributed by atoms with Crippen LogP contribution in [0.15, 0.2) is 60.7 Å². The summed E-state index contributed by atoms with van der Waals surface area (Å²) in [5.41, 5.74) is 0. The maximum absolute atomic E-state index is 6.53. The molecule has 0 N–H and O–H groups in total. The molecule has 0 unspecified atom stereocenters. The van der Waals surface area contributed by atoms with Gasteiger partial charge in [-0.15, -0.1) is 0 Å². The molecule has 3 aliphatic heterocycles. The van der Waals surface area contributed by atoms with E-state index in [1.807, 2.05) is 0 Å². The van der Waals surface area contributed by atoms with Crippen LogP contribution in [0.5, 0.6) is 0 Å². The zero-order chi connectivity index (χ0) is 17.2. The summed E-state index contributed by atoms with van der Waals surface area (Å²) < 4.78 is 19.6. The van der Waals surface area contributed by atoms with Crippen molar-refractivity contribution in [2.45, 2.75) is 6.55 Å². The van der Waals surface area contributed by atoms with Crippen LogP contribution in [-0.4, -0.2) is 60.3 Å². The summed E-state index contributed by atoms with van der Waals surface area (Å²) in [6.07, 6.45) is 0. The van der Waals surface area contributed by atoms with E-state index in [1.165, 1.54) is 10.4 Å². The van der Waals surface area contributed by atoms with Gasteiger partial charge in [-0.1, -0.05) is 67.2 Å². The molecule has 0 atom stereocenters. The van der Waals surface area contributed by atoms with Crippen LogP contribution < -0.4 is 10.4 Å². The maximum atomic E-state index is 6.53. The third-order valence-electron chi connectivity index (χ3n) is 5.41. The molecule has 0 amide bonds. The predicted octanol–water partition coefficient (Wildman–Crippen LogP) is 1.28. The van der Waals surface area contributed by atoms with E-state index >= 15 is 0 Å². The average molecular weight is 372 g/mol. The van der Waals surface area contributed by atoms with Crippen molar-refractivity contribution in [1.29, 1.82) is 0 Å². The first kappa shape index (κ1) is 17.1. The lowest BCUT2D eigenvalue weighted by Gasteiger charge is -2.46. The molecule has 132 valence electrons. The van der Waals surface area contributed by atoms with Crippen LogP contribution in [0, 0.1) is 0 Å². The Labute approximate surface area is 151 Å². The number of rotatable bonds is 3. The van der Waals surface area contributed by atoms with Crippen LogP contribution in [0.4, 0.5) is 0 Å². The van der Waals surface area contributed by atoms with E-state index < -0.39 is 15.9 Å². The second-order valence-corrected chi connectivity index (χ2v) is 17.0. The van der Waals surface area contributed by atoms with Gasteiger partial charge in [0.25, 0.3) is 0 Å². The van der Waals surface area contributed by atoms with Crippen LogP contribution in [0.25, 0.3) is 0 Å². The molecule has 0 spiro atoms. The third-order valence-corrected chi connectivity index (χ3v) is 18.1. The van der Waals surface area contributed by atoms with E-state index in [1.54, 1.807) is 0 Å². The zero-order valence-corrected chi connectivity index (χ0v) is 16.7. The molecule has 3 aliphatic rings. The quantitative estimate of drug-likeness (QED) is 0.761. The van der Waals surface area contributed by atoms with Crippen molar-refractivity contribution in [2.24, 2.45) is 0 Å². The molecule has 3 fully saturated rings. The lowest BCUT2D eigenvalue weighted by molar-refractivity contribution is 0.00513. The lowest BCUT2D eigenvalue weighted by atomic mass is 10.4. The van der Waals surface area contributed by atoms with E-state index in [2.05, 4.69) is 72.1 Å². The van der Waals surface area contributed by atoms with Crippen molar-refractivity contribution in [3.05, 3.63) is 60.7 Å². The summed E-state index contributed by atoms with van der Waals surface area (Å²) in [5, 5.41) is 2.65. The van der Waals surface area contributed by atoms with Gasteiger partial charge in [0.15, 0.2) is 0 Å². The summed E-state index contributed by atoms with van der Waals surface area (Å²) >= 11 is 0. The minimum Gasteiger partial charge on any atom is -0.375 e. The Balaban J connectivity index is 1.87. The van der Waals surface area contributed by atoms with Gasteiger partial charge in [0.2, 0.25) is 7.59 Å². The summed E-state index contributed by atoms with van der Waals surface area (Å²) in [7, 11) is -5.20. The van der Waals surface area contributed by atoms with Crippen molar-refractivity contribution in [2.75, 3.05) is 39.5 Å². The predicted molar refractivity (Wildman–Crippen MR) is 104 cm³/mol. The molecule has 0 saturated carbocycles. The maximum Gasteiger partial charge on any atom is 0.481 e. The van der Waals surface area contributed by atoms with Gasteiger partial charge in [0.05, 0.1) is 19.8 Å². The van der Waals surface area contributed by atoms with Gasteiger partial charge in [-0.3, -0.25) is 4.90 Å². The van der Waals surface area contributed by atoms with Gasteiger partial charge in [-0.25, -0.2) is 0 Å². The molecule has 3 saturated heterocycles. The Hall–Kier alpha value is -1.29. The number of hydrogen-bond donors (Lipinski definition) is 0. The van der Waals surface area contributed by atoms with Gasteiger partial charge in [-0.2, -0.15) is 0 Å². The molecule has 2 bridgehead atoms. The summed E-state index contributed by atoms with van der Waals surface area (Å²) in [5.74, 6) is 0. The van der Waals surface area contributed by atoms with Gasteiger partial charge in [0, 0.05) is 19.6 Å². The first-order valence-electron chi connectivity index (χ1n) is 9.00. The molecule has 3 heterocycles. The standard InChI is InChI=1S/C19H25NO3Si2/c1-24(18-8-4-2-5-9-18,19-10-6-3-7-11-19)25-21-15-12-20(13-16-22-25)14-17-23-25/h2-11H,12-17H2,1H3. The Morgan fingerprint density at radius 2 is 1.12 bits per heavy atom. The Bertz CT molecular complexity index is 632. The number of benzene rings is 2. The highest BCUT2D eigenvalue weighted by molar-refractivity contribution is 7.45. The minimum absolute atomic E-state index is 0.689. The fourth-order valence-electron chi connectivity index (χ4n) is 3.88. The fourth-order valence-corrected chi connectivity index (χ4v) is 15.5. The smallest absolute Gasteiger partial charge is 0.375 e. The van der Waals surface area contributed by atoms with Crippen molar-refractivity contribution in [3.63, 3.8) is 0 Å². The number of nitrogens with zero attached hydrogens (tertiary/aromatic N) is 1. The summed E-state index contributed by atoms with van der Waals surface area (Å²) in [4.78, 5) is 2.36.